The van der Waals surface area contributed by atoms with Gasteiger partial charge in [-0.2, -0.15) is 0 Å². The summed E-state index contributed by atoms with van der Waals surface area (Å²) in [6.07, 6.45) is 0. The maximum Gasteiger partial charge on any atom is 4.00 e. The van der Waals surface area contributed by atoms with Gasteiger partial charge in [0.1, 0.15) is 0 Å². The van der Waals surface area contributed by atoms with Gasteiger partial charge in [-0.15, -0.1) is 0 Å². The van der Waals surface area contributed by atoms with E-state index in [0.717, 1.165) is 0 Å². The summed E-state index contributed by atoms with van der Waals surface area (Å²) in [4.78, 5) is 0. The molecule has 2 nitrogen and oxygen atoms in total. The molecule has 0 aromatic carbocycles. The molecule has 0 fully saturated rings. The molecular formula is AlO2RhZr. The summed E-state index contributed by atoms with van der Waals surface area (Å²) in [6, 6.07) is 0. The predicted molar refractivity (Wildman–Crippen MR) is 7.13 cm³/mol. The van der Waals surface area contributed by atoms with E-state index in [1.165, 1.54) is 0 Å². The fraction of sp³-hybridized carbons (Fsp3) is 0. The maximum absolute atomic E-state index is 0. The summed E-state index contributed by atoms with van der Waals surface area (Å²) in [7, 11) is 0. The Morgan fingerprint density at radius 3 is 0.800 bits per heavy atom. The largest absolute Gasteiger partial charge is 4.00 e. The topological polar surface area (TPSA) is 57.0 Å². The zero-order valence-electron chi connectivity index (χ0n) is 2.23. The van der Waals surface area contributed by atoms with Crippen LogP contribution in [0.4, 0.5) is 0 Å². The third-order valence-electron chi connectivity index (χ3n) is 0. The van der Waals surface area contributed by atoms with E-state index in [0.29, 0.717) is 0 Å². The zero-order valence-corrected chi connectivity index (χ0v) is 7.48. The van der Waals surface area contributed by atoms with Crippen molar-refractivity contribution in [3.8, 4) is 0 Å². The summed E-state index contributed by atoms with van der Waals surface area (Å²) >= 11 is 0. The first-order valence-corrected chi connectivity index (χ1v) is 0. The molecule has 0 heterocycles. The Balaban J connectivity index is 0. The van der Waals surface area contributed by atoms with Crippen LogP contribution in [0.5, 0.6) is 0 Å². The molecule has 0 saturated heterocycles. The predicted octanol–water partition coefficient (Wildman–Crippen LogP) is -0.623. The maximum atomic E-state index is 0. The zero-order chi connectivity index (χ0) is 0. The molecule has 0 aliphatic carbocycles. The molecule has 0 rings (SSSR count). The molecule has 4 radical (unpaired) electrons. The first kappa shape index (κ1) is 64.4. The average Bonchev–Trinajstić information content (AvgIpc) is 0. The fourth-order valence-electron chi connectivity index (χ4n) is 0. The molecular weight excluding hydrogens is 253 g/mol. The van der Waals surface area contributed by atoms with E-state index in [-0.39, 0.29) is 74.0 Å². The molecule has 5 heteroatoms. The molecule has 0 aromatic heterocycles. The molecule has 0 aromatic rings. The van der Waals surface area contributed by atoms with Gasteiger partial charge < -0.3 is 11.0 Å². The monoisotopic (exact) mass is 252 g/mol. The van der Waals surface area contributed by atoms with Crippen LogP contribution in [0.3, 0.4) is 0 Å². The van der Waals surface area contributed by atoms with Gasteiger partial charge in [0.2, 0.25) is 0 Å². The van der Waals surface area contributed by atoms with Crippen molar-refractivity contribution in [2.24, 2.45) is 0 Å². The van der Waals surface area contributed by atoms with Gasteiger partial charge in [-0.1, -0.05) is 0 Å². The molecule has 0 aliphatic rings. The molecule has 0 aliphatic heterocycles. The van der Waals surface area contributed by atoms with Gasteiger partial charge in [0, 0.05) is 36.8 Å². The molecule has 0 spiro atoms. The fourth-order valence-corrected chi connectivity index (χ4v) is 0. The van der Waals surface area contributed by atoms with E-state index in [1.807, 2.05) is 0 Å². The molecule has 0 amide bonds. The summed E-state index contributed by atoms with van der Waals surface area (Å²) < 4.78 is 0. The Morgan fingerprint density at radius 2 is 0.800 bits per heavy atom. The minimum absolute atomic E-state index is 0. The van der Waals surface area contributed by atoms with Gasteiger partial charge in [0.15, 0.2) is 0 Å². The minimum atomic E-state index is 0. The van der Waals surface area contributed by atoms with Gasteiger partial charge in [-0.25, -0.2) is 0 Å². The molecule has 0 saturated carbocycles. The number of hydrogen-bond acceptors (Lipinski definition) is 0. The van der Waals surface area contributed by atoms with Gasteiger partial charge in [-0.3, -0.25) is 0 Å². The third kappa shape index (κ3) is 24.3. The van der Waals surface area contributed by atoms with Crippen LogP contribution in [0.15, 0.2) is 0 Å². The molecule has 0 unspecified atom stereocenters. The third-order valence-corrected chi connectivity index (χ3v) is 0. The molecule has 5 heavy (non-hydrogen) atoms. The Morgan fingerprint density at radius 1 is 0.800 bits per heavy atom. The van der Waals surface area contributed by atoms with Crippen molar-refractivity contribution in [3.63, 3.8) is 0 Å². The van der Waals surface area contributed by atoms with Crippen LogP contribution in [0, 0.1) is 0 Å². The second-order valence-corrected chi connectivity index (χ2v) is 0. The van der Waals surface area contributed by atoms with Crippen LogP contribution in [0.2, 0.25) is 0 Å². The smallest absolute Gasteiger partial charge is 2.00 e. The van der Waals surface area contributed by atoms with E-state index in [2.05, 4.69) is 0 Å². The number of hydrogen-bond donors (Lipinski definition) is 0. The van der Waals surface area contributed by atoms with Crippen molar-refractivity contribution in [2.75, 3.05) is 0 Å². The van der Waals surface area contributed by atoms with E-state index >= 15 is 0 Å². The second-order valence-electron chi connectivity index (χ2n) is 0. The second kappa shape index (κ2) is 38.2. The summed E-state index contributed by atoms with van der Waals surface area (Å²) in [5, 5.41) is 0. The average molecular weight is 253 g/mol. The van der Waals surface area contributed by atoms with Crippen LogP contribution in [0.1, 0.15) is 0 Å². The van der Waals surface area contributed by atoms with Crippen LogP contribution >= 0.6 is 0 Å². The Bertz CT molecular complexity index is 9.61. The van der Waals surface area contributed by atoms with Gasteiger partial charge >= 0.3 is 26.2 Å². The quantitative estimate of drug-likeness (QED) is 0.516. The Hall–Kier alpha value is 1.96. The summed E-state index contributed by atoms with van der Waals surface area (Å²) in [5.41, 5.74) is 0. The standard InChI is InChI=1S/Al.2O.Rh.Zr/q;2*-2;;+4. The molecule has 0 N–H and O–H groups in total. The molecule has 0 atom stereocenters. The van der Waals surface area contributed by atoms with Crippen LogP contribution < -0.4 is 0 Å². The first-order valence-electron chi connectivity index (χ1n) is 0. The van der Waals surface area contributed by atoms with E-state index < -0.39 is 0 Å². The van der Waals surface area contributed by atoms with Crippen molar-refractivity contribution in [2.45, 2.75) is 0 Å². The van der Waals surface area contributed by atoms with E-state index in [4.69, 9.17) is 0 Å². The summed E-state index contributed by atoms with van der Waals surface area (Å²) in [5.74, 6) is 0. The van der Waals surface area contributed by atoms with Crippen molar-refractivity contribution in [1.82, 2.24) is 0 Å². The van der Waals surface area contributed by atoms with Crippen LogP contribution in [-0.2, 0) is 56.6 Å². The normalized spacial score (nSPS) is 0. The molecule has 0 bridgehead atoms. The Kier molecular flexibility index (Phi) is 492. The Labute approximate surface area is 73.3 Å². The van der Waals surface area contributed by atoms with E-state index in [1.54, 1.807) is 0 Å². The van der Waals surface area contributed by atoms with Gasteiger partial charge in [0.25, 0.3) is 0 Å². The van der Waals surface area contributed by atoms with Crippen LogP contribution in [-0.4, -0.2) is 17.4 Å². The van der Waals surface area contributed by atoms with Gasteiger partial charge in [-0.05, 0) is 0 Å². The van der Waals surface area contributed by atoms with Crippen LogP contribution in [0.25, 0.3) is 0 Å². The van der Waals surface area contributed by atoms with Crippen molar-refractivity contribution in [1.29, 1.82) is 0 Å². The first-order chi connectivity index (χ1) is 0. The SMILES string of the molecule is [Al].[O-2].[O-2].[Rh].[Zr+4]. The van der Waals surface area contributed by atoms with Crippen molar-refractivity contribution in [3.05, 3.63) is 0 Å². The molecule has 28 valence electrons. The van der Waals surface area contributed by atoms with Gasteiger partial charge in [0.05, 0.1) is 0 Å². The van der Waals surface area contributed by atoms with Crippen molar-refractivity contribution >= 4 is 17.4 Å². The van der Waals surface area contributed by atoms with Crippen molar-refractivity contribution < 1.29 is 56.6 Å². The number of rotatable bonds is 0. The summed E-state index contributed by atoms with van der Waals surface area (Å²) in [6.45, 7) is 0. The van der Waals surface area contributed by atoms with E-state index in [9.17, 15) is 0 Å². The minimum Gasteiger partial charge on any atom is -2.00 e.